The molecule has 0 aliphatic rings. The number of carboxylic acid groups (broad SMARTS) is 1. The van der Waals surface area contributed by atoms with Crippen LogP contribution in [-0.2, 0) is 4.74 Å². The van der Waals surface area contributed by atoms with E-state index in [0.717, 1.165) is 6.07 Å². The smallest absolute Gasteiger partial charge is 0.339 e. The van der Waals surface area contributed by atoms with Crippen molar-refractivity contribution in [3.05, 3.63) is 33.9 Å². The van der Waals surface area contributed by atoms with E-state index in [2.05, 4.69) is 0 Å². The summed E-state index contributed by atoms with van der Waals surface area (Å²) in [5.41, 5.74) is -0.897. The molecule has 110 valence electrons. The number of carboxylic acids is 1. The zero-order chi connectivity index (χ0) is 15.3. The molecule has 1 N–H and O–H groups in total. The van der Waals surface area contributed by atoms with Crippen molar-refractivity contribution >= 4 is 11.7 Å². The highest BCUT2D eigenvalue weighted by molar-refractivity contribution is 5.91. The highest BCUT2D eigenvalue weighted by Gasteiger charge is 2.19. The van der Waals surface area contributed by atoms with Gasteiger partial charge in [-0.05, 0) is 19.9 Å². The lowest BCUT2D eigenvalue weighted by Gasteiger charge is -2.22. The first-order chi connectivity index (χ1) is 9.26. The van der Waals surface area contributed by atoms with E-state index in [-0.39, 0.29) is 29.2 Å². The number of benzene rings is 1. The molecule has 0 atom stereocenters. The summed E-state index contributed by atoms with van der Waals surface area (Å²) in [5, 5.41) is 19.7. The van der Waals surface area contributed by atoms with Crippen LogP contribution in [0.25, 0.3) is 0 Å². The zero-order valence-electron chi connectivity index (χ0n) is 11.6. The summed E-state index contributed by atoms with van der Waals surface area (Å²) >= 11 is 0. The van der Waals surface area contributed by atoms with Gasteiger partial charge in [0.05, 0.1) is 17.1 Å². The summed E-state index contributed by atoms with van der Waals surface area (Å²) in [4.78, 5) is 21.1. The van der Waals surface area contributed by atoms with E-state index >= 15 is 0 Å². The molecular formula is C13H17NO6. The van der Waals surface area contributed by atoms with Crippen LogP contribution in [0.4, 0.5) is 5.69 Å². The van der Waals surface area contributed by atoms with Gasteiger partial charge in [0, 0.05) is 25.7 Å². The molecule has 0 heterocycles. The summed E-state index contributed by atoms with van der Waals surface area (Å²) in [6.45, 7) is 4.01. The normalized spacial score (nSPS) is 11.2. The van der Waals surface area contributed by atoms with Gasteiger partial charge in [-0.1, -0.05) is 0 Å². The number of hydrogen-bond donors (Lipinski definition) is 1. The molecule has 1 aromatic carbocycles. The third kappa shape index (κ3) is 4.20. The highest BCUT2D eigenvalue weighted by atomic mass is 16.6. The Balaban J connectivity index is 2.85. The highest BCUT2D eigenvalue weighted by Crippen LogP contribution is 2.25. The fourth-order valence-electron chi connectivity index (χ4n) is 1.43. The van der Waals surface area contributed by atoms with Crippen molar-refractivity contribution in [1.82, 2.24) is 0 Å². The molecule has 0 aliphatic heterocycles. The lowest BCUT2D eigenvalue weighted by Crippen LogP contribution is -2.25. The first-order valence-corrected chi connectivity index (χ1v) is 5.96. The maximum absolute atomic E-state index is 11.1. The Bertz CT molecular complexity index is 512. The molecule has 0 saturated heterocycles. The van der Waals surface area contributed by atoms with Crippen LogP contribution in [0.15, 0.2) is 18.2 Å². The molecule has 0 fully saturated rings. The Hall–Kier alpha value is -2.15. The molecule has 0 saturated carbocycles. The molecule has 1 rings (SSSR count). The van der Waals surface area contributed by atoms with Crippen LogP contribution < -0.4 is 4.74 Å². The van der Waals surface area contributed by atoms with Crippen LogP contribution >= 0.6 is 0 Å². The Morgan fingerprint density at radius 3 is 2.60 bits per heavy atom. The van der Waals surface area contributed by atoms with E-state index in [1.165, 1.54) is 12.1 Å². The topological polar surface area (TPSA) is 98.9 Å². The number of hydrogen-bond acceptors (Lipinski definition) is 5. The molecule has 0 aromatic heterocycles. The Kier molecular flexibility index (Phi) is 5.04. The standard InChI is InChI=1S/C13H17NO6/c1-13(2,19-3)6-7-20-11-5-4-9(14(17)18)8-10(11)12(15)16/h4-5,8H,6-7H2,1-3H3,(H,15,16). The van der Waals surface area contributed by atoms with Crippen molar-refractivity contribution in [1.29, 1.82) is 0 Å². The first kappa shape index (κ1) is 15.9. The lowest BCUT2D eigenvalue weighted by molar-refractivity contribution is -0.384. The van der Waals surface area contributed by atoms with Crippen LogP contribution in [0.2, 0.25) is 0 Å². The largest absolute Gasteiger partial charge is 0.493 e. The van der Waals surface area contributed by atoms with Crippen LogP contribution in [0.1, 0.15) is 30.6 Å². The van der Waals surface area contributed by atoms with Gasteiger partial charge in [0.2, 0.25) is 0 Å². The third-order valence-electron chi connectivity index (χ3n) is 2.92. The van der Waals surface area contributed by atoms with Crippen LogP contribution in [0, 0.1) is 10.1 Å². The van der Waals surface area contributed by atoms with Gasteiger partial charge in [0.25, 0.3) is 5.69 Å². The number of aromatic carboxylic acids is 1. The van der Waals surface area contributed by atoms with E-state index in [0.29, 0.717) is 6.42 Å². The predicted molar refractivity (Wildman–Crippen MR) is 71.3 cm³/mol. The number of nitro groups is 1. The predicted octanol–water partition coefficient (Wildman–Crippen LogP) is 2.49. The molecule has 0 spiro atoms. The van der Waals surface area contributed by atoms with Crippen molar-refractivity contribution in [2.24, 2.45) is 0 Å². The van der Waals surface area contributed by atoms with E-state index in [1.807, 2.05) is 13.8 Å². The number of non-ortho nitro benzene ring substituents is 1. The zero-order valence-corrected chi connectivity index (χ0v) is 11.6. The monoisotopic (exact) mass is 283 g/mol. The molecule has 20 heavy (non-hydrogen) atoms. The molecule has 7 heteroatoms. The van der Waals surface area contributed by atoms with Crippen molar-refractivity contribution < 1.29 is 24.3 Å². The van der Waals surface area contributed by atoms with Crippen LogP contribution in [0.5, 0.6) is 5.75 Å². The summed E-state index contributed by atoms with van der Waals surface area (Å²) < 4.78 is 10.6. The van der Waals surface area contributed by atoms with Gasteiger partial charge in [-0.2, -0.15) is 0 Å². The minimum absolute atomic E-state index is 0.106. The second-order valence-electron chi connectivity index (χ2n) is 4.81. The minimum Gasteiger partial charge on any atom is -0.493 e. The van der Waals surface area contributed by atoms with Crippen LogP contribution in [-0.4, -0.2) is 35.3 Å². The number of carbonyl (C=O) groups is 1. The molecule has 0 unspecified atom stereocenters. The van der Waals surface area contributed by atoms with Gasteiger partial charge < -0.3 is 14.6 Å². The van der Waals surface area contributed by atoms with E-state index < -0.39 is 10.9 Å². The van der Waals surface area contributed by atoms with Gasteiger partial charge in [0.15, 0.2) is 0 Å². The number of ether oxygens (including phenoxy) is 2. The lowest BCUT2D eigenvalue weighted by atomic mass is 10.1. The summed E-state index contributed by atoms with van der Waals surface area (Å²) in [5.74, 6) is -1.16. The Labute approximate surface area is 116 Å². The number of nitrogens with zero attached hydrogens (tertiary/aromatic N) is 1. The quantitative estimate of drug-likeness (QED) is 0.609. The second kappa shape index (κ2) is 6.33. The first-order valence-electron chi connectivity index (χ1n) is 5.96. The Morgan fingerprint density at radius 1 is 1.45 bits per heavy atom. The van der Waals surface area contributed by atoms with E-state index in [1.54, 1.807) is 7.11 Å². The number of methoxy groups -OCH3 is 1. The van der Waals surface area contributed by atoms with E-state index in [9.17, 15) is 14.9 Å². The molecular weight excluding hydrogens is 266 g/mol. The van der Waals surface area contributed by atoms with E-state index in [4.69, 9.17) is 14.6 Å². The second-order valence-corrected chi connectivity index (χ2v) is 4.81. The van der Waals surface area contributed by atoms with Crippen molar-refractivity contribution in [2.75, 3.05) is 13.7 Å². The van der Waals surface area contributed by atoms with Gasteiger partial charge in [0.1, 0.15) is 11.3 Å². The number of rotatable bonds is 7. The summed E-state index contributed by atoms with van der Waals surface area (Å²) in [7, 11) is 1.58. The fourth-order valence-corrected chi connectivity index (χ4v) is 1.43. The van der Waals surface area contributed by atoms with Crippen molar-refractivity contribution in [2.45, 2.75) is 25.9 Å². The van der Waals surface area contributed by atoms with Gasteiger partial charge in [-0.15, -0.1) is 0 Å². The Morgan fingerprint density at radius 2 is 2.10 bits per heavy atom. The van der Waals surface area contributed by atoms with Crippen molar-refractivity contribution in [3.63, 3.8) is 0 Å². The average Bonchev–Trinajstić information content (AvgIpc) is 2.38. The van der Waals surface area contributed by atoms with Gasteiger partial charge in [-0.25, -0.2) is 4.79 Å². The maximum Gasteiger partial charge on any atom is 0.339 e. The molecule has 0 radical (unpaired) electrons. The number of nitro benzene ring substituents is 1. The summed E-state index contributed by atoms with van der Waals surface area (Å²) in [6.07, 6.45) is 0.555. The molecule has 0 bridgehead atoms. The SMILES string of the molecule is COC(C)(C)CCOc1ccc([N+](=O)[O-])cc1C(=O)O. The fraction of sp³-hybridized carbons (Fsp3) is 0.462. The van der Waals surface area contributed by atoms with Gasteiger partial charge >= 0.3 is 5.97 Å². The molecule has 7 nitrogen and oxygen atoms in total. The maximum atomic E-state index is 11.1. The summed E-state index contributed by atoms with van der Waals surface area (Å²) in [6, 6.07) is 3.49. The van der Waals surface area contributed by atoms with Crippen molar-refractivity contribution in [3.8, 4) is 5.75 Å². The molecule has 0 aliphatic carbocycles. The molecule has 1 aromatic rings. The average molecular weight is 283 g/mol. The minimum atomic E-state index is -1.27. The van der Waals surface area contributed by atoms with Crippen LogP contribution in [0.3, 0.4) is 0 Å². The third-order valence-corrected chi connectivity index (χ3v) is 2.92. The van der Waals surface area contributed by atoms with Gasteiger partial charge in [-0.3, -0.25) is 10.1 Å². The molecule has 0 amide bonds.